The molecule has 25 heavy (non-hydrogen) atoms. The Morgan fingerprint density at radius 1 is 1.28 bits per heavy atom. The third-order valence-corrected chi connectivity index (χ3v) is 5.11. The highest BCUT2D eigenvalue weighted by atomic mass is 32.1. The molecule has 1 N–H and O–H groups in total. The van der Waals surface area contributed by atoms with E-state index >= 15 is 0 Å². The normalized spacial score (nSPS) is 15.0. The van der Waals surface area contributed by atoms with E-state index in [4.69, 9.17) is 0 Å². The second-order valence-corrected chi connectivity index (χ2v) is 7.23. The molecule has 0 bridgehead atoms. The minimum Gasteiger partial charge on any atom is -0.378 e. The summed E-state index contributed by atoms with van der Waals surface area (Å²) in [6.45, 7) is 1.20. The quantitative estimate of drug-likeness (QED) is 0.913. The molecule has 2 amide bonds. The molecule has 3 rings (SSSR count). The maximum atomic E-state index is 12.7. The summed E-state index contributed by atoms with van der Waals surface area (Å²) >= 11 is 1.41. The molecule has 1 aromatic heterocycles. The molecular formula is C18H22N4O2S. The van der Waals surface area contributed by atoms with E-state index in [0.717, 1.165) is 5.69 Å². The number of rotatable bonds is 4. The Kier molecular flexibility index (Phi) is 5.33. The lowest BCUT2D eigenvalue weighted by atomic mass is 9.95. The third kappa shape index (κ3) is 4.17. The lowest BCUT2D eigenvalue weighted by molar-refractivity contribution is -0.121. The summed E-state index contributed by atoms with van der Waals surface area (Å²) in [4.78, 5) is 32.9. The van der Waals surface area contributed by atoms with E-state index in [0.29, 0.717) is 36.6 Å². The van der Waals surface area contributed by atoms with Crippen LogP contribution in [0, 0.1) is 5.92 Å². The van der Waals surface area contributed by atoms with Gasteiger partial charge in [0.1, 0.15) is 0 Å². The number of amides is 2. The Morgan fingerprint density at radius 3 is 2.68 bits per heavy atom. The number of nitrogens with one attached hydrogen (secondary N) is 1. The zero-order valence-electron chi connectivity index (χ0n) is 14.4. The van der Waals surface area contributed by atoms with Crippen molar-refractivity contribution in [1.29, 1.82) is 0 Å². The van der Waals surface area contributed by atoms with Gasteiger partial charge in [0.2, 0.25) is 5.91 Å². The topological polar surface area (TPSA) is 65.5 Å². The first-order valence-corrected chi connectivity index (χ1v) is 9.19. The van der Waals surface area contributed by atoms with Crippen LogP contribution >= 0.6 is 11.3 Å². The largest absolute Gasteiger partial charge is 0.378 e. The van der Waals surface area contributed by atoms with Crippen molar-refractivity contribution in [3.05, 3.63) is 41.4 Å². The number of carbonyl (C=O) groups is 2. The summed E-state index contributed by atoms with van der Waals surface area (Å²) in [6, 6.07) is 7.63. The molecule has 2 aromatic rings. The highest BCUT2D eigenvalue weighted by Crippen LogP contribution is 2.22. The van der Waals surface area contributed by atoms with Crippen LogP contribution in [0.3, 0.4) is 0 Å². The Morgan fingerprint density at radius 2 is 2.04 bits per heavy atom. The van der Waals surface area contributed by atoms with Gasteiger partial charge in [0.25, 0.3) is 5.91 Å². The standard InChI is InChI=1S/C18H22N4O2S/c1-21(2)15-5-3-4-14(12-15)17(24)22-9-6-13(7-10-22)16(23)20-18-19-8-11-25-18/h3-5,8,11-13H,6-7,9-10H2,1-2H3,(H,19,20,23). The van der Waals surface area contributed by atoms with E-state index in [1.54, 1.807) is 6.20 Å². The van der Waals surface area contributed by atoms with Gasteiger partial charge in [0, 0.05) is 55.9 Å². The lowest BCUT2D eigenvalue weighted by Gasteiger charge is -2.31. The molecule has 0 spiro atoms. The van der Waals surface area contributed by atoms with E-state index in [-0.39, 0.29) is 17.7 Å². The van der Waals surface area contributed by atoms with E-state index in [9.17, 15) is 9.59 Å². The van der Waals surface area contributed by atoms with Crippen molar-refractivity contribution in [1.82, 2.24) is 9.88 Å². The smallest absolute Gasteiger partial charge is 0.253 e. The first-order valence-electron chi connectivity index (χ1n) is 8.31. The van der Waals surface area contributed by atoms with Gasteiger partial charge in [-0.2, -0.15) is 0 Å². The van der Waals surface area contributed by atoms with Crippen molar-refractivity contribution in [2.24, 2.45) is 5.92 Å². The van der Waals surface area contributed by atoms with Crippen LogP contribution in [0.25, 0.3) is 0 Å². The van der Waals surface area contributed by atoms with E-state index in [1.807, 2.05) is 53.5 Å². The summed E-state index contributed by atoms with van der Waals surface area (Å²) in [5.74, 6) is -0.0415. The number of carbonyl (C=O) groups excluding carboxylic acids is 2. The van der Waals surface area contributed by atoms with Crippen LogP contribution in [0.2, 0.25) is 0 Å². The highest BCUT2D eigenvalue weighted by Gasteiger charge is 2.28. The van der Waals surface area contributed by atoms with Crippen molar-refractivity contribution in [3.8, 4) is 0 Å². The van der Waals surface area contributed by atoms with Crippen molar-refractivity contribution >= 4 is 34.0 Å². The van der Waals surface area contributed by atoms with Gasteiger partial charge in [-0.1, -0.05) is 6.07 Å². The molecule has 1 fully saturated rings. The van der Waals surface area contributed by atoms with Crippen molar-refractivity contribution in [2.45, 2.75) is 12.8 Å². The van der Waals surface area contributed by atoms with Crippen LogP contribution in [-0.4, -0.2) is 48.9 Å². The Balaban J connectivity index is 1.57. The molecule has 0 radical (unpaired) electrons. The number of hydrogen-bond donors (Lipinski definition) is 1. The zero-order valence-corrected chi connectivity index (χ0v) is 15.3. The molecule has 2 heterocycles. The Hall–Kier alpha value is -2.41. The van der Waals surface area contributed by atoms with Crippen molar-refractivity contribution in [3.63, 3.8) is 0 Å². The van der Waals surface area contributed by atoms with Crippen molar-refractivity contribution in [2.75, 3.05) is 37.4 Å². The number of benzene rings is 1. The van der Waals surface area contributed by atoms with Crippen LogP contribution in [0.4, 0.5) is 10.8 Å². The first-order chi connectivity index (χ1) is 12.0. The molecule has 7 heteroatoms. The maximum absolute atomic E-state index is 12.7. The van der Waals surface area contributed by atoms with Crippen LogP contribution in [0.5, 0.6) is 0 Å². The van der Waals surface area contributed by atoms with Gasteiger partial charge in [0.05, 0.1) is 0 Å². The molecule has 132 valence electrons. The second-order valence-electron chi connectivity index (χ2n) is 6.34. The predicted molar refractivity (Wildman–Crippen MR) is 100 cm³/mol. The molecule has 0 aliphatic carbocycles. The number of aromatic nitrogens is 1. The molecule has 1 aromatic carbocycles. The van der Waals surface area contributed by atoms with Crippen molar-refractivity contribution < 1.29 is 9.59 Å². The fourth-order valence-corrected chi connectivity index (χ4v) is 3.47. The second kappa shape index (κ2) is 7.65. The summed E-state index contributed by atoms with van der Waals surface area (Å²) in [5.41, 5.74) is 1.69. The van der Waals surface area contributed by atoms with Crippen LogP contribution in [-0.2, 0) is 4.79 Å². The molecule has 0 saturated carbocycles. The van der Waals surface area contributed by atoms with Gasteiger partial charge >= 0.3 is 0 Å². The number of hydrogen-bond acceptors (Lipinski definition) is 5. The molecule has 0 unspecified atom stereocenters. The van der Waals surface area contributed by atoms with Gasteiger partial charge in [0.15, 0.2) is 5.13 Å². The number of piperidine rings is 1. The minimum atomic E-state index is -0.0685. The lowest BCUT2D eigenvalue weighted by Crippen LogP contribution is -2.41. The molecule has 6 nitrogen and oxygen atoms in total. The summed E-state index contributed by atoms with van der Waals surface area (Å²) < 4.78 is 0. The molecule has 1 aliphatic heterocycles. The van der Waals surface area contributed by atoms with Gasteiger partial charge in [-0.15, -0.1) is 11.3 Å². The van der Waals surface area contributed by atoms with Gasteiger partial charge in [-0.05, 0) is 31.0 Å². The third-order valence-electron chi connectivity index (χ3n) is 4.42. The average Bonchev–Trinajstić information content (AvgIpc) is 3.14. The van der Waals surface area contributed by atoms with Crippen LogP contribution in [0.1, 0.15) is 23.2 Å². The number of nitrogens with zero attached hydrogens (tertiary/aromatic N) is 3. The van der Waals surface area contributed by atoms with E-state index in [2.05, 4.69) is 10.3 Å². The molecular weight excluding hydrogens is 336 g/mol. The molecule has 0 atom stereocenters. The summed E-state index contributed by atoms with van der Waals surface area (Å²) in [6.07, 6.45) is 3.02. The zero-order chi connectivity index (χ0) is 17.8. The highest BCUT2D eigenvalue weighted by molar-refractivity contribution is 7.13. The van der Waals surface area contributed by atoms with Gasteiger partial charge in [-0.3, -0.25) is 9.59 Å². The first kappa shape index (κ1) is 17.4. The van der Waals surface area contributed by atoms with Crippen LogP contribution in [0.15, 0.2) is 35.8 Å². The van der Waals surface area contributed by atoms with Gasteiger partial charge in [-0.25, -0.2) is 4.98 Å². The SMILES string of the molecule is CN(C)c1cccc(C(=O)N2CCC(C(=O)Nc3nccs3)CC2)c1. The monoisotopic (exact) mass is 358 g/mol. The molecule has 1 aliphatic rings. The summed E-state index contributed by atoms with van der Waals surface area (Å²) in [5, 5.41) is 5.31. The van der Waals surface area contributed by atoms with Gasteiger partial charge < -0.3 is 15.1 Å². The predicted octanol–water partition coefficient (Wildman–Crippen LogP) is 2.70. The molecule has 1 saturated heterocycles. The van der Waals surface area contributed by atoms with Crippen LogP contribution < -0.4 is 10.2 Å². The fraction of sp³-hybridized carbons (Fsp3) is 0.389. The Labute approximate surface area is 151 Å². The van der Waals surface area contributed by atoms with E-state index in [1.165, 1.54) is 11.3 Å². The number of thiazole rings is 1. The maximum Gasteiger partial charge on any atom is 0.253 e. The minimum absolute atomic E-state index is 0.00310. The number of likely N-dealkylation sites (tertiary alicyclic amines) is 1. The number of anilines is 2. The van der Waals surface area contributed by atoms with E-state index < -0.39 is 0 Å². The Bertz CT molecular complexity index is 737. The summed E-state index contributed by atoms with van der Waals surface area (Å²) in [7, 11) is 3.91. The average molecular weight is 358 g/mol. The fourth-order valence-electron chi connectivity index (χ4n) is 2.94.